The van der Waals surface area contributed by atoms with E-state index in [-0.39, 0.29) is 12.4 Å². The third kappa shape index (κ3) is 13.7. The fraction of sp³-hybridized carbons (Fsp3) is 1.00. The molecule has 4 heteroatoms. The molecule has 11 heavy (non-hydrogen) atoms. The summed E-state index contributed by atoms with van der Waals surface area (Å²) in [6.07, 6.45) is 2.30. The predicted molar refractivity (Wildman–Crippen MR) is 58.8 cm³/mol. The molecule has 0 aliphatic heterocycles. The molecule has 0 atom stereocenters. The molecule has 0 fully saturated rings. The monoisotopic (exact) mass is 215 g/mol. The van der Waals surface area contributed by atoms with E-state index >= 15 is 0 Å². The summed E-state index contributed by atoms with van der Waals surface area (Å²) in [4.78, 5) is 0. The Labute approximate surface area is 82.3 Å². The third-order valence-electron chi connectivity index (χ3n) is 1.14. The number of hydrogen-bond donors (Lipinski definition) is 1. The largest absolute Gasteiger partial charge is 0.319 e. The lowest BCUT2D eigenvalue weighted by Gasteiger charge is -2.15. The van der Waals surface area contributed by atoms with Crippen molar-refractivity contribution in [3.8, 4) is 0 Å². The number of nitrogens with one attached hydrogen (secondary N) is 1. The second-order valence-electron chi connectivity index (χ2n) is 3.78. The molecular weight excluding hydrogens is 197 g/mol. The topological polar surface area (TPSA) is 12.0 Å². The second kappa shape index (κ2) is 7.41. The van der Waals surface area contributed by atoms with Gasteiger partial charge in [0.1, 0.15) is 0 Å². The van der Waals surface area contributed by atoms with E-state index in [1.165, 1.54) is 6.17 Å². The summed E-state index contributed by atoms with van der Waals surface area (Å²) in [7, 11) is -0.861. The second-order valence-corrected chi connectivity index (χ2v) is 9.63. The van der Waals surface area contributed by atoms with Gasteiger partial charge in [0, 0.05) is 5.88 Å². The minimum atomic E-state index is -0.861. The number of hydrogen-bond acceptors (Lipinski definition) is 1. The van der Waals surface area contributed by atoms with Gasteiger partial charge in [0.2, 0.25) is 0 Å². The van der Waals surface area contributed by atoms with Gasteiger partial charge in [-0.25, -0.2) is 0 Å². The van der Waals surface area contributed by atoms with Gasteiger partial charge in [-0.2, -0.15) is 0 Å². The molecule has 1 N–H and O–H groups in total. The zero-order valence-corrected chi connectivity index (χ0v) is 10.2. The Kier molecular flexibility index (Phi) is 9.62. The SMILES string of the molecule is C[Si](C)(C)CNCCCCl.Cl. The molecule has 0 saturated carbocycles. The maximum Gasteiger partial charge on any atom is 0.0595 e. The Bertz CT molecular complexity index is 83.0. The standard InChI is InChI=1S/C7H18ClNSi.ClH/c1-10(2,3)7-9-6-4-5-8;/h9H,4-7H2,1-3H3;1H. The molecule has 0 aliphatic carbocycles. The highest BCUT2D eigenvalue weighted by Crippen LogP contribution is 1.96. The molecule has 0 saturated heterocycles. The molecule has 0 radical (unpaired) electrons. The predicted octanol–water partition coefficient (Wildman–Crippen LogP) is 2.50. The smallest absolute Gasteiger partial charge is 0.0595 e. The molecule has 0 amide bonds. The van der Waals surface area contributed by atoms with Crippen LogP contribution in [0.3, 0.4) is 0 Å². The minimum absolute atomic E-state index is 0. The van der Waals surface area contributed by atoms with E-state index in [4.69, 9.17) is 11.6 Å². The Morgan fingerprint density at radius 3 is 2.18 bits per heavy atom. The Morgan fingerprint density at radius 1 is 1.27 bits per heavy atom. The highest BCUT2D eigenvalue weighted by molar-refractivity contribution is 6.76. The lowest BCUT2D eigenvalue weighted by Crippen LogP contribution is -2.37. The molecule has 0 aliphatic rings. The number of alkyl halides is 1. The van der Waals surface area contributed by atoms with E-state index in [1.54, 1.807) is 0 Å². The highest BCUT2D eigenvalue weighted by atomic mass is 35.5. The molecule has 0 aromatic carbocycles. The van der Waals surface area contributed by atoms with Crippen molar-refractivity contribution >= 4 is 32.1 Å². The quantitative estimate of drug-likeness (QED) is 0.423. The molecule has 1 nitrogen and oxygen atoms in total. The van der Waals surface area contributed by atoms with Crippen LogP contribution < -0.4 is 5.32 Å². The first kappa shape index (κ1) is 14.3. The van der Waals surface area contributed by atoms with Gasteiger partial charge in [-0.1, -0.05) is 19.6 Å². The van der Waals surface area contributed by atoms with E-state index < -0.39 is 8.07 Å². The van der Waals surface area contributed by atoms with E-state index in [1.807, 2.05) is 0 Å². The van der Waals surface area contributed by atoms with Crippen molar-refractivity contribution in [2.45, 2.75) is 26.1 Å². The lowest BCUT2D eigenvalue weighted by atomic mass is 10.5. The highest BCUT2D eigenvalue weighted by Gasteiger charge is 2.10. The molecule has 0 aromatic heterocycles. The van der Waals surface area contributed by atoms with Crippen LogP contribution in [0.25, 0.3) is 0 Å². The van der Waals surface area contributed by atoms with Crippen LogP contribution in [-0.4, -0.2) is 26.7 Å². The minimum Gasteiger partial charge on any atom is -0.319 e. The van der Waals surface area contributed by atoms with Crippen LogP contribution in [-0.2, 0) is 0 Å². The van der Waals surface area contributed by atoms with E-state index in [2.05, 4.69) is 25.0 Å². The van der Waals surface area contributed by atoms with Crippen LogP contribution in [0.2, 0.25) is 19.6 Å². The van der Waals surface area contributed by atoms with Gasteiger partial charge < -0.3 is 5.32 Å². The third-order valence-corrected chi connectivity index (χ3v) is 2.72. The van der Waals surface area contributed by atoms with Crippen molar-refractivity contribution in [3.63, 3.8) is 0 Å². The van der Waals surface area contributed by atoms with Crippen molar-refractivity contribution in [1.82, 2.24) is 5.32 Å². The van der Waals surface area contributed by atoms with Crippen LogP contribution in [0.1, 0.15) is 6.42 Å². The van der Waals surface area contributed by atoms with Gasteiger partial charge >= 0.3 is 0 Å². The molecule has 0 spiro atoms. The van der Waals surface area contributed by atoms with E-state index in [0.29, 0.717) is 0 Å². The van der Waals surface area contributed by atoms with E-state index in [9.17, 15) is 0 Å². The van der Waals surface area contributed by atoms with Crippen molar-refractivity contribution in [2.24, 2.45) is 0 Å². The Morgan fingerprint density at radius 2 is 1.82 bits per heavy atom. The van der Waals surface area contributed by atoms with E-state index in [0.717, 1.165) is 18.8 Å². The molecule has 0 heterocycles. The first-order chi connectivity index (χ1) is 4.56. The maximum absolute atomic E-state index is 5.52. The van der Waals surface area contributed by atoms with Crippen LogP contribution in [0.5, 0.6) is 0 Å². The van der Waals surface area contributed by atoms with Crippen molar-refractivity contribution in [1.29, 1.82) is 0 Å². The van der Waals surface area contributed by atoms with Crippen molar-refractivity contribution < 1.29 is 0 Å². The van der Waals surface area contributed by atoms with Gasteiger partial charge in [0.25, 0.3) is 0 Å². The zero-order chi connectivity index (χ0) is 8.04. The number of halogens is 2. The summed E-state index contributed by atoms with van der Waals surface area (Å²) >= 11 is 5.52. The van der Waals surface area contributed by atoms with Crippen molar-refractivity contribution in [3.05, 3.63) is 0 Å². The lowest BCUT2D eigenvalue weighted by molar-refractivity contribution is 0.745. The molecular formula is C7H19Cl2NSi. The zero-order valence-electron chi connectivity index (χ0n) is 7.61. The first-order valence-corrected chi connectivity index (χ1v) is 8.07. The molecule has 0 bridgehead atoms. The van der Waals surface area contributed by atoms with Gasteiger partial charge in [-0.15, -0.1) is 24.0 Å². The Balaban J connectivity index is 0. The van der Waals surface area contributed by atoms with Gasteiger partial charge in [0.15, 0.2) is 0 Å². The van der Waals surface area contributed by atoms with Crippen molar-refractivity contribution in [2.75, 3.05) is 18.6 Å². The van der Waals surface area contributed by atoms with Gasteiger partial charge in [0.05, 0.1) is 8.07 Å². The molecule has 0 rings (SSSR count). The van der Waals surface area contributed by atoms with Crippen LogP contribution >= 0.6 is 24.0 Å². The van der Waals surface area contributed by atoms with Crippen LogP contribution in [0.15, 0.2) is 0 Å². The van der Waals surface area contributed by atoms with Gasteiger partial charge in [-0.3, -0.25) is 0 Å². The van der Waals surface area contributed by atoms with Gasteiger partial charge in [-0.05, 0) is 19.1 Å². The molecule has 0 unspecified atom stereocenters. The Hall–Kier alpha value is 0.757. The first-order valence-electron chi connectivity index (χ1n) is 3.83. The average molecular weight is 216 g/mol. The van der Waals surface area contributed by atoms with Crippen LogP contribution in [0, 0.1) is 0 Å². The fourth-order valence-electron chi connectivity index (χ4n) is 0.655. The average Bonchev–Trinajstić information content (AvgIpc) is 1.78. The molecule has 0 aromatic rings. The summed E-state index contributed by atoms with van der Waals surface area (Å²) < 4.78 is 0. The summed E-state index contributed by atoms with van der Waals surface area (Å²) in [6.45, 7) is 8.16. The van der Waals surface area contributed by atoms with Crippen LogP contribution in [0.4, 0.5) is 0 Å². The number of rotatable bonds is 5. The summed E-state index contributed by atoms with van der Waals surface area (Å²) in [5, 5.41) is 3.40. The summed E-state index contributed by atoms with van der Waals surface area (Å²) in [5.74, 6) is 0.776. The normalized spacial score (nSPS) is 10.9. The summed E-state index contributed by atoms with van der Waals surface area (Å²) in [6, 6.07) is 0. The summed E-state index contributed by atoms with van der Waals surface area (Å²) in [5.41, 5.74) is 0. The maximum atomic E-state index is 5.52. The molecule has 70 valence electrons. The fourth-order valence-corrected chi connectivity index (χ4v) is 1.72.